The normalized spacial score (nSPS) is 11.8. The SMILES string of the molecule is CC(C)(C)Oc1ccc(CO)c2ccccc12. The standard InChI is InChI=1S/C15H18O2/c1-15(2,3)17-14-9-8-11(10-16)12-6-4-5-7-13(12)14/h4-9,16H,10H2,1-3H3. The lowest BCUT2D eigenvalue weighted by Crippen LogP contribution is -2.23. The van der Waals surface area contributed by atoms with Crippen LogP contribution in [0.3, 0.4) is 0 Å². The lowest BCUT2D eigenvalue weighted by atomic mass is 10.0. The first kappa shape index (κ1) is 11.9. The van der Waals surface area contributed by atoms with Crippen LogP contribution in [0.5, 0.6) is 5.75 Å². The van der Waals surface area contributed by atoms with E-state index >= 15 is 0 Å². The fourth-order valence-corrected chi connectivity index (χ4v) is 1.89. The molecule has 2 rings (SSSR count). The molecule has 0 aliphatic carbocycles. The van der Waals surface area contributed by atoms with Gasteiger partial charge >= 0.3 is 0 Å². The van der Waals surface area contributed by atoms with Crippen molar-refractivity contribution in [3.8, 4) is 5.75 Å². The molecule has 0 saturated carbocycles. The first-order chi connectivity index (χ1) is 8.01. The molecule has 0 aliphatic rings. The van der Waals surface area contributed by atoms with Gasteiger partial charge in [-0.2, -0.15) is 0 Å². The lowest BCUT2D eigenvalue weighted by molar-refractivity contribution is 0.133. The minimum absolute atomic E-state index is 0.0519. The summed E-state index contributed by atoms with van der Waals surface area (Å²) in [6.07, 6.45) is 0. The minimum atomic E-state index is -0.219. The summed E-state index contributed by atoms with van der Waals surface area (Å²) in [5.41, 5.74) is 0.714. The summed E-state index contributed by atoms with van der Waals surface area (Å²) in [7, 11) is 0. The van der Waals surface area contributed by atoms with E-state index < -0.39 is 0 Å². The van der Waals surface area contributed by atoms with Crippen LogP contribution in [0.25, 0.3) is 10.8 Å². The van der Waals surface area contributed by atoms with Crippen LogP contribution in [-0.4, -0.2) is 10.7 Å². The van der Waals surface area contributed by atoms with Gasteiger partial charge in [-0.05, 0) is 37.8 Å². The van der Waals surface area contributed by atoms with Crippen LogP contribution in [0.4, 0.5) is 0 Å². The molecule has 2 nitrogen and oxygen atoms in total. The molecular formula is C15H18O2. The van der Waals surface area contributed by atoms with Gasteiger partial charge in [-0.1, -0.05) is 30.3 Å². The van der Waals surface area contributed by atoms with Crippen molar-refractivity contribution in [3.05, 3.63) is 42.0 Å². The second kappa shape index (κ2) is 4.38. The highest BCUT2D eigenvalue weighted by atomic mass is 16.5. The number of hydrogen-bond acceptors (Lipinski definition) is 2. The van der Waals surface area contributed by atoms with Crippen LogP contribution in [-0.2, 0) is 6.61 Å². The van der Waals surface area contributed by atoms with Crippen LogP contribution >= 0.6 is 0 Å². The highest BCUT2D eigenvalue weighted by Crippen LogP contribution is 2.30. The molecule has 0 fully saturated rings. The molecule has 0 aromatic heterocycles. The fourth-order valence-electron chi connectivity index (χ4n) is 1.89. The summed E-state index contributed by atoms with van der Waals surface area (Å²) in [5.74, 6) is 0.866. The Labute approximate surface area is 102 Å². The Morgan fingerprint density at radius 1 is 1.00 bits per heavy atom. The van der Waals surface area contributed by atoms with Crippen LogP contribution in [0.1, 0.15) is 26.3 Å². The molecule has 0 amide bonds. The Hall–Kier alpha value is -1.54. The van der Waals surface area contributed by atoms with E-state index in [0.29, 0.717) is 0 Å². The molecule has 0 spiro atoms. The van der Waals surface area contributed by atoms with Crippen LogP contribution in [0.15, 0.2) is 36.4 Å². The summed E-state index contributed by atoms with van der Waals surface area (Å²) in [6.45, 7) is 6.14. The van der Waals surface area contributed by atoms with Crippen molar-refractivity contribution >= 4 is 10.8 Å². The number of ether oxygens (including phenoxy) is 1. The second-order valence-electron chi connectivity index (χ2n) is 5.14. The second-order valence-corrected chi connectivity index (χ2v) is 5.14. The van der Waals surface area contributed by atoms with Gasteiger partial charge < -0.3 is 9.84 Å². The summed E-state index contributed by atoms with van der Waals surface area (Å²) in [5, 5.41) is 11.4. The minimum Gasteiger partial charge on any atom is -0.488 e. The van der Waals surface area contributed by atoms with Crippen LogP contribution in [0, 0.1) is 0 Å². The molecule has 0 atom stereocenters. The predicted molar refractivity (Wildman–Crippen MR) is 70.3 cm³/mol. The molecule has 0 unspecified atom stereocenters. The number of benzene rings is 2. The Bertz CT molecular complexity index is 524. The van der Waals surface area contributed by atoms with Gasteiger partial charge in [0.1, 0.15) is 11.4 Å². The molecule has 2 heteroatoms. The third kappa shape index (κ3) is 2.59. The molecule has 0 aliphatic heterocycles. The zero-order valence-electron chi connectivity index (χ0n) is 10.5. The maximum absolute atomic E-state index is 9.32. The summed E-state index contributed by atoms with van der Waals surface area (Å²) < 4.78 is 5.93. The number of aliphatic hydroxyl groups is 1. The third-order valence-electron chi connectivity index (χ3n) is 2.56. The highest BCUT2D eigenvalue weighted by Gasteiger charge is 2.14. The van der Waals surface area contributed by atoms with Crippen molar-refractivity contribution in [3.63, 3.8) is 0 Å². The van der Waals surface area contributed by atoms with E-state index in [2.05, 4.69) is 0 Å². The molecule has 0 radical (unpaired) electrons. The quantitative estimate of drug-likeness (QED) is 0.855. The van der Waals surface area contributed by atoms with Crippen molar-refractivity contribution in [2.75, 3.05) is 0 Å². The third-order valence-corrected chi connectivity index (χ3v) is 2.56. The van der Waals surface area contributed by atoms with Crippen molar-refractivity contribution in [1.82, 2.24) is 0 Å². The Morgan fingerprint density at radius 2 is 1.65 bits per heavy atom. The first-order valence-electron chi connectivity index (χ1n) is 5.82. The van der Waals surface area contributed by atoms with Gasteiger partial charge in [-0.3, -0.25) is 0 Å². The summed E-state index contributed by atoms with van der Waals surface area (Å²) >= 11 is 0. The monoisotopic (exact) mass is 230 g/mol. The lowest BCUT2D eigenvalue weighted by Gasteiger charge is -2.23. The summed E-state index contributed by atoms with van der Waals surface area (Å²) in [6, 6.07) is 11.8. The first-order valence-corrected chi connectivity index (χ1v) is 5.82. The van der Waals surface area contributed by atoms with Crippen molar-refractivity contribution in [2.24, 2.45) is 0 Å². The average molecular weight is 230 g/mol. The van der Waals surface area contributed by atoms with Gasteiger partial charge in [0.25, 0.3) is 0 Å². The topological polar surface area (TPSA) is 29.5 Å². The Balaban J connectivity index is 2.59. The van der Waals surface area contributed by atoms with Gasteiger partial charge in [0.15, 0.2) is 0 Å². The van der Waals surface area contributed by atoms with Gasteiger partial charge in [0.05, 0.1) is 6.61 Å². The van der Waals surface area contributed by atoms with Gasteiger partial charge in [0.2, 0.25) is 0 Å². The van der Waals surface area contributed by atoms with Crippen molar-refractivity contribution in [2.45, 2.75) is 33.0 Å². The van der Waals surface area contributed by atoms with E-state index in [4.69, 9.17) is 4.74 Å². The Kier molecular flexibility index (Phi) is 3.07. The molecule has 1 N–H and O–H groups in total. The molecule has 2 aromatic rings. The zero-order valence-corrected chi connectivity index (χ0v) is 10.5. The van der Waals surface area contributed by atoms with Crippen molar-refractivity contribution < 1.29 is 9.84 Å². The molecule has 17 heavy (non-hydrogen) atoms. The average Bonchev–Trinajstić information content (AvgIpc) is 2.28. The van der Waals surface area contributed by atoms with E-state index in [0.717, 1.165) is 22.1 Å². The fraction of sp³-hybridized carbons (Fsp3) is 0.333. The van der Waals surface area contributed by atoms with Gasteiger partial charge in [-0.15, -0.1) is 0 Å². The van der Waals surface area contributed by atoms with Crippen molar-refractivity contribution in [1.29, 1.82) is 0 Å². The molecule has 0 bridgehead atoms. The van der Waals surface area contributed by atoms with E-state index in [-0.39, 0.29) is 12.2 Å². The van der Waals surface area contributed by atoms with Gasteiger partial charge in [-0.25, -0.2) is 0 Å². The molecule has 90 valence electrons. The smallest absolute Gasteiger partial charge is 0.127 e. The highest BCUT2D eigenvalue weighted by molar-refractivity contribution is 5.91. The van der Waals surface area contributed by atoms with E-state index in [9.17, 15) is 5.11 Å². The number of hydrogen-bond donors (Lipinski definition) is 1. The Morgan fingerprint density at radius 3 is 2.24 bits per heavy atom. The number of rotatable bonds is 2. The van der Waals surface area contributed by atoms with E-state index in [1.165, 1.54) is 0 Å². The largest absolute Gasteiger partial charge is 0.488 e. The zero-order chi connectivity index (χ0) is 12.5. The van der Waals surface area contributed by atoms with Crippen LogP contribution in [0.2, 0.25) is 0 Å². The molecular weight excluding hydrogens is 212 g/mol. The molecule has 0 saturated heterocycles. The number of aliphatic hydroxyl groups excluding tert-OH is 1. The summed E-state index contributed by atoms with van der Waals surface area (Å²) in [4.78, 5) is 0. The van der Waals surface area contributed by atoms with Gasteiger partial charge in [0, 0.05) is 5.39 Å². The predicted octanol–water partition coefficient (Wildman–Crippen LogP) is 3.51. The maximum atomic E-state index is 9.32. The van der Waals surface area contributed by atoms with E-state index in [1.54, 1.807) is 0 Å². The maximum Gasteiger partial charge on any atom is 0.127 e. The van der Waals surface area contributed by atoms with Crippen LogP contribution < -0.4 is 4.74 Å². The molecule has 2 aromatic carbocycles. The number of fused-ring (bicyclic) bond motifs is 1. The molecule has 0 heterocycles. The van der Waals surface area contributed by atoms with E-state index in [1.807, 2.05) is 57.2 Å².